The average Bonchev–Trinajstić information content (AvgIpc) is 3.49. The van der Waals surface area contributed by atoms with Gasteiger partial charge in [-0.1, -0.05) is 30.3 Å². The Hall–Kier alpha value is -5.44. The first-order valence-electron chi connectivity index (χ1n) is 11.1. The van der Waals surface area contributed by atoms with E-state index in [1.165, 1.54) is 35.2 Å². The van der Waals surface area contributed by atoms with E-state index in [0.717, 1.165) is 5.56 Å². The number of hydrogen-bond donors (Lipinski definition) is 2. The van der Waals surface area contributed by atoms with E-state index in [1.54, 1.807) is 36.4 Å². The number of benzene rings is 3. The van der Waals surface area contributed by atoms with Crippen LogP contribution in [0.1, 0.15) is 21.7 Å². The Kier molecular flexibility index (Phi) is 5.86. The van der Waals surface area contributed by atoms with Gasteiger partial charge in [-0.3, -0.25) is 19.8 Å². The number of nitrogens with zero attached hydrogens (tertiary/aromatic N) is 2. The second-order valence-electron chi connectivity index (χ2n) is 8.15. The number of furan rings is 1. The molecule has 4 aromatic rings. The maximum atomic E-state index is 13.5. The molecule has 5 rings (SSSR count). The summed E-state index contributed by atoms with van der Waals surface area (Å²) < 4.78 is 5.87. The molecule has 1 amide bonds. The number of carbonyl (C=O) groups is 2. The standard InChI is InChI=1S/C28H18N2O7/c31-25-16-21(10-12-23(25)28(33)34)29-24(17-4-2-1-3-5-17)15-19(27(29)32)14-22-11-13-26(37-22)18-6-8-20(9-7-18)30(35)36/h1-16,31H,(H,33,34)/b19-14+. The smallest absolute Gasteiger partial charge is 0.339 e. The van der Waals surface area contributed by atoms with E-state index in [4.69, 9.17) is 4.42 Å². The Morgan fingerprint density at radius 1 is 0.946 bits per heavy atom. The zero-order chi connectivity index (χ0) is 26.1. The van der Waals surface area contributed by atoms with E-state index in [0.29, 0.717) is 34.0 Å². The highest BCUT2D eigenvalue weighted by Crippen LogP contribution is 2.37. The summed E-state index contributed by atoms with van der Waals surface area (Å²) in [6.45, 7) is 0. The number of non-ortho nitro benzene ring substituents is 1. The normalized spacial score (nSPS) is 14.2. The minimum atomic E-state index is -1.28. The summed E-state index contributed by atoms with van der Waals surface area (Å²) >= 11 is 0. The van der Waals surface area contributed by atoms with Gasteiger partial charge in [-0.15, -0.1) is 0 Å². The Labute approximate surface area is 210 Å². The molecule has 182 valence electrons. The molecule has 37 heavy (non-hydrogen) atoms. The average molecular weight is 494 g/mol. The van der Waals surface area contributed by atoms with Gasteiger partial charge in [0.05, 0.1) is 16.3 Å². The lowest BCUT2D eigenvalue weighted by molar-refractivity contribution is -0.384. The second kappa shape index (κ2) is 9.31. The van der Waals surface area contributed by atoms with Crippen molar-refractivity contribution in [3.05, 3.63) is 124 Å². The summed E-state index contributed by atoms with van der Waals surface area (Å²) in [4.78, 5) is 36.6. The quantitative estimate of drug-likeness (QED) is 0.199. The third-order valence-electron chi connectivity index (χ3n) is 5.81. The maximum Gasteiger partial charge on any atom is 0.339 e. The van der Waals surface area contributed by atoms with Gasteiger partial charge in [0.2, 0.25) is 0 Å². The fourth-order valence-corrected chi connectivity index (χ4v) is 4.02. The predicted molar refractivity (Wildman–Crippen MR) is 136 cm³/mol. The van der Waals surface area contributed by atoms with E-state index in [-0.39, 0.29) is 11.3 Å². The van der Waals surface area contributed by atoms with Crippen LogP contribution in [0.25, 0.3) is 23.1 Å². The van der Waals surface area contributed by atoms with Gasteiger partial charge in [0.1, 0.15) is 22.8 Å². The molecular weight excluding hydrogens is 476 g/mol. The number of anilines is 1. The highest BCUT2D eigenvalue weighted by Gasteiger charge is 2.31. The molecule has 0 atom stereocenters. The first kappa shape index (κ1) is 23.3. The lowest BCUT2D eigenvalue weighted by Gasteiger charge is -2.21. The lowest BCUT2D eigenvalue weighted by atomic mass is 10.1. The Morgan fingerprint density at radius 3 is 2.32 bits per heavy atom. The van der Waals surface area contributed by atoms with Crippen molar-refractivity contribution in [1.82, 2.24) is 0 Å². The number of carboxylic acid groups (broad SMARTS) is 1. The van der Waals surface area contributed by atoms with Crippen LogP contribution < -0.4 is 4.90 Å². The third-order valence-corrected chi connectivity index (χ3v) is 5.81. The van der Waals surface area contributed by atoms with Gasteiger partial charge >= 0.3 is 5.97 Å². The van der Waals surface area contributed by atoms with Gasteiger partial charge < -0.3 is 14.6 Å². The van der Waals surface area contributed by atoms with Crippen molar-refractivity contribution in [1.29, 1.82) is 0 Å². The molecular formula is C28H18N2O7. The third kappa shape index (κ3) is 4.48. The highest BCUT2D eigenvalue weighted by atomic mass is 16.6. The first-order chi connectivity index (χ1) is 17.8. The van der Waals surface area contributed by atoms with E-state index >= 15 is 0 Å². The van der Waals surface area contributed by atoms with Crippen LogP contribution in [0.4, 0.5) is 11.4 Å². The van der Waals surface area contributed by atoms with Crippen LogP contribution >= 0.6 is 0 Å². The van der Waals surface area contributed by atoms with Crippen molar-refractivity contribution < 1.29 is 29.1 Å². The monoisotopic (exact) mass is 494 g/mol. The highest BCUT2D eigenvalue weighted by molar-refractivity contribution is 6.23. The van der Waals surface area contributed by atoms with Crippen molar-refractivity contribution in [2.45, 2.75) is 0 Å². The molecule has 0 bridgehead atoms. The molecule has 0 radical (unpaired) electrons. The number of rotatable bonds is 6. The Morgan fingerprint density at radius 2 is 1.68 bits per heavy atom. The molecule has 1 aromatic heterocycles. The zero-order valence-electron chi connectivity index (χ0n) is 19.1. The molecule has 9 heteroatoms. The van der Waals surface area contributed by atoms with Crippen molar-refractivity contribution in [3.63, 3.8) is 0 Å². The topological polar surface area (TPSA) is 134 Å². The largest absolute Gasteiger partial charge is 0.507 e. The number of aromatic hydroxyl groups is 1. The van der Waals surface area contributed by atoms with Gasteiger partial charge in [0.25, 0.3) is 11.6 Å². The van der Waals surface area contributed by atoms with E-state index < -0.39 is 22.5 Å². The molecule has 0 saturated carbocycles. The lowest BCUT2D eigenvalue weighted by Crippen LogP contribution is -2.25. The fourth-order valence-electron chi connectivity index (χ4n) is 4.02. The SMILES string of the molecule is O=C(O)c1ccc(N2C(=O)/C(=C/c3ccc(-c4ccc([N+](=O)[O-])cc4)o3)C=C2c2ccccc2)cc1O. The van der Waals surface area contributed by atoms with Crippen molar-refractivity contribution >= 4 is 35.0 Å². The minimum absolute atomic E-state index is 0.0321. The molecule has 1 aliphatic rings. The maximum absolute atomic E-state index is 13.5. The van der Waals surface area contributed by atoms with Crippen LogP contribution in [-0.4, -0.2) is 27.0 Å². The summed E-state index contributed by atoms with van der Waals surface area (Å²) in [5.74, 6) is -1.26. The van der Waals surface area contributed by atoms with Crippen molar-refractivity contribution in [3.8, 4) is 17.1 Å². The second-order valence-corrected chi connectivity index (χ2v) is 8.15. The summed E-state index contributed by atoms with van der Waals surface area (Å²) in [7, 11) is 0. The molecule has 0 saturated heterocycles. The molecule has 0 fully saturated rings. The molecule has 2 N–H and O–H groups in total. The van der Waals surface area contributed by atoms with Gasteiger partial charge in [0.15, 0.2) is 0 Å². The Balaban J connectivity index is 1.52. The fraction of sp³-hybridized carbons (Fsp3) is 0. The number of carbonyl (C=O) groups excluding carboxylic acids is 1. The van der Waals surface area contributed by atoms with Crippen molar-refractivity contribution in [2.75, 3.05) is 4.90 Å². The van der Waals surface area contributed by atoms with E-state index in [2.05, 4.69) is 0 Å². The van der Waals surface area contributed by atoms with Crippen LogP contribution in [0.3, 0.4) is 0 Å². The van der Waals surface area contributed by atoms with Crippen LogP contribution in [0, 0.1) is 10.1 Å². The van der Waals surface area contributed by atoms with Crippen molar-refractivity contribution in [2.24, 2.45) is 0 Å². The first-order valence-corrected chi connectivity index (χ1v) is 11.1. The molecule has 9 nitrogen and oxygen atoms in total. The number of nitro groups is 1. The molecule has 0 aliphatic carbocycles. The summed E-state index contributed by atoms with van der Waals surface area (Å²) in [6, 6.07) is 22.4. The number of hydrogen-bond acceptors (Lipinski definition) is 6. The van der Waals surface area contributed by atoms with Gasteiger partial charge in [-0.2, -0.15) is 0 Å². The minimum Gasteiger partial charge on any atom is -0.507 e. The van der Waals surface area contributed by atoms with Gasteiger partial charge in [-0.05, 0) is 54.1 Å². The van der Waals surface area contributed by atoms with Gasteiger partial charge in [-0.25, -0.2) is 4.79 Å². The van der Waals surface area contributed by atoms with E-state index in [9.17, 15) is 29.9 Å². The summed E-state index contributed by atoms with van der Waals surface area (Å²) in [5, 5.41) is 30.3. The number of carboxylic acids is 1. The number of phenols is 1. The predicted octanol–water partition coefficient (Wildman–Crippen LogP) is 5.73. The van der Waals surface area contributed by atoms with Crippen LogP contribution in [0.5, 0.6) is 5.75 Å². The molecule has 3 aromatic carbocycles. The van der Waals surface area contributed by atoms with E-state index in [1.807, 2.05) is 30.3 Å². The summed E-state index contributed by atoms with van der Waals surface area (Å²) in [6.07, 6.45) is 3.26. The number of aromatic carboxylic acids is 1. The number of amides is 1. The molecule has 0 unspecified atom stereocenters. The Bertz CT molecular complexity index is 1600. The van der Waals surface area contributed by atoms with Crippen LogP contribution in [0.15, 0.2) is 101 Å². The molecule has 2 heterocycles. The molecule has 1 aliphatic heterocycles. The van der Waals surface area contributed by atoms with Crippen LogP contribution in [-0.2, 0) is 4.79 Å². The molecule has 0 spiro atoms. The number of nitro benzene ring substituents is 1. The zero-order valence-corrected chi connectivity index (χ0v) is 19.1. The van der Waals surface area contributed by atoms with Crippen LogP contribution in [0.2, 0.25) is 0 Å². The summed E-state index contributed by atoms with van der Waals surface area (Å²) in [5.41, 5.74) is 2.24. The van der Waals surface area contributed by atoms with Gasteiger partial charge in [0, 0.05) is 29.3 Å².